The summed E-state index contributed by atoms with van der Waals surface area (Å²) in [5, 5.41) is 10.6. The van der Waals surface area contributed by atoms with Crippen LogP contribution in [0, 0.1) is 5.92 Å². The molecule has 2 heterocycles. The molecule has 8 heteroatoms. The van der Waals surface area contributed by atoms with E-state index in [1.54, 1.807) is 18.1 Å². The summed E-state index contributed by atoms with van der Waals surface area (Å²) in [7, 11) is 1.57. The van der Waals surface area contributed by atoms with Gasteiger partial charge < -0.3 is 15.0 Å². The van der Waals surface area contributed by atoms with Crippen LogP contribution in [0.5, 0.6) is 5.75 Å². The van der Waals surface area contributed by atoms with Gasteiger partial charge in [0.2, 0.25) is 16.9 Å². The predicted octanol–water partition coefficient (Wildman–Crippen LogP) is 1.54. The van der Waals surface area contributed by atoms with Crippen molar-refractivity contribution in [2.75, 3.05) is 23.9 Å². The van der Waals surface area contributed by atoms with E-state index in [0.29, 0.717) is 17.4 Å². The molecule has 22 heavy (non-hydrogen) atoms. The minimum Gasteiger partial charge on any atom is -0.497 e. The van der Waals surface area contributed by atoms with E-state index in [-0.39, 0.29) is 18.2 Å². The molecule has 1 aromatic carbocycles. The quantitative estimate of drug-likeness (QED) is 0.924. The Labute approximate surface area is 130 Å². The number of aromatic nitrogens is 2. The zero-order chi connectivity index (χ0) is 15.5. The minimum atomic E-state index is -0.400. The van der Waals surface area contributed by atoms with Crippen LogP contribution in [0.1, 0.15) is 6.42 Å². The normalized spacial score (nSPS) is 17.6. The molecular formula is C14H14N4O3S. The highest BCUT2D eigenvalue weighted by Gasteiger charge is 2.35. The van der Waals surface area contributed by atoms with Crippen LogP contribution in [0.15, 0.2) is 29.8 Å². The Balaban J connectivity index is 1.71. The summed E-state index contributed by atoms with van der Waals surface area (Å²) in [5.74, 6) is -0.0178. The molecule has 3 rings (SSSR count). The zero-order valence-corrected chi connectivity index (χ0v) is 12.7. The van der Waals surface area contributed by atoms with Gasteiger partial charge in [0.1, 0.15) is 11.3 Å². The number of anilines is 2. The van der Waals surface area contributed by atoms with Crippen LogP contribution in [0.3, 0.4) is 0 Å². The van der Waals surface area contributed by atoms with E-state index in [0.717, 1.165) is 5.69 Å². The maximum atomic E-state index is 12.2. The molecule has 2 amide bonds. The van der Waals surface area contributed by atoms with Crippen molar-refractivity contribution in [3.63, 3.8) is 0 Å². The summed E-state index contributed by atoms with van der Waals surface area (Å²) in [6, 6.07) is 7.23. The lowest BCUT2D eigenvalue weighted by Crippen LogP contribution is -2.28. The first-order chi connectivity index (χ1) is 10.7. The van der Waals surface area contributed by atoms with Crippen LogP contribution in [-0.4, -0.2) is 35.7 Å². The van der Waals surface area contributed by atoms with Crippen molar-refractivity contribution in [3.8, 4) is 5.75 Å². The minimum absolute atomic E-state index is 0.0781. The molecule has 0 spiro atoms. The van der Waals surface area contributed by atoms with Gasteiger partial charge in [-0.1, -0.05) is 17.4 Å². The third-order valence-corrected chi connectivity index (χ3v) is 4.06. The van der Waals surface area contributed by atoms with Crippen LogP contribution in [0.2, 0.25) is 0 Å². The number of carbonyl (C=O) groups excluding carboxylic acids is 2. The number of ether oxygens (including phenoxy) is 1. The lowest BCUT2D eigenvalue weighted by atomic mass is 10.1. The Morgan fingerprint density at radius 3 is 3.09 bits per heavy atom. The smallest absolute Gasteiger partial charge is 0.231 e. The molecular weight excluding hydrogens is 304 g/mol. The molecule has 1 aromatic heterocycles. The Hall–Kier alpha value is -2.48. The highest BCUT2D eigenvalue weighted by atomic mass is 32.1. The average molecular weight is 318 g/mol. The fourth-order valence-corrected chi connectivity index (χ4v) is 2.79. The summed E-state index contributed by atoms with van der Waals surface area (Å²) < 4.78 is 5.16. The van der Waals surface area contributed by atoms with Gasteiger partial charge in [0.05, 0.1) is 13.0 Å². The Morgan fingerprint density at radius 2 is 2.36 bits per heavy atom. The molecule has 1 aliphatic heterocycles. The number of rotatable bonds is 4. The number of methoxy groups -OCH3 is 1. The summed E-state index contributed by atoms with van der Waals surface area (Å²) in [6.45, 7) is 0.344. The van der Waals surface area contributed by atoms with Gasteiger partial charge in [-0.2, -0.15) is 0 Å². The van der Waals surface area contributed by atoms with Crippen LogP contribution >= 0.6 is 11.3 Å². The van der Waals surface area contributed by atoms with Gasteiger partial charge in [-0.25, -0.2) is 0 Å². The van der Waals surface area contributed by atoms with E-state index in [9.17, 15) is 9.59 Å². The lowest BCUT2D eigenvalue weighted by molar-refractivity contribution is -0.122. The molecule has 1 N–H and O–H groups in total. The van der Waals surface area contributed by atoms with Crippen molar-refractivity contribution >= 4 is 34.0 Å². The molecule has 0 saturated carbocycles. The van der Waals surface area contributed by atoms with Crippen molar-refractivity contribution in [3.05, 3.63) is 29.8 Å². The summed E-state index contributed by atoms with van der Waals surface area (Å²) >= 11 is 1.24. The highest BCUT2D eigenvalue weighted by Crippen LogP contribution is 2.28. The van der Waals surface area contributed by atoms with Crippen LogP contribution in [0.4, 0.5) is 10.8 Å². The number of nitrogens with zero attached hydrogens (tertiary/aromatic N) is 3. The second-order valence-electron chi connectivity index (χ2n) is 4.84. The first-order valence-corrected chi connectivity index (χ1v) is 7.57. The van der Waals surface area contributed by atoms with Gasteiger partial charge >= 0.3 is 0 Å². The van der Waals surface area contributed by atoms with E-state index < -0.39 is 5.92 Å². The van der Waals surface area contributed by atoms with E-state index in [2.05, 4.69) is 15.5 Å². The Kier molecular flexibility index (Phi) is 4.01. The number of carbonyl (C=O) groups is 2. The molecule has 1 saturated heterocycles. The maximum absolute atomic E-state index is 12.2. The lowest BCUT2D eigenvalue weighted by Gasteiger charge is -2.17. The molecule has 1 unspecified atom stereocenters. The molecule has 0 bridgehead atoms. The third-order valence-electron chi connectivity index (χ3n) is 3.45. The zero-order valence-electron chi connectivity index (χ0n) is 11.9. The molecule has 2 aromatic rings. The van der Waals surface area contributed by atoms with Crippen LogP contribution < -0.4 is 15.0 Å². The number of benzene rings is 1. The number of amides is 2. The van der Waals surface area contributed by atoms with Gasteiger partial charge in [-0.3, -0.25) is 9.59 Å². The van der Waals surface area contributed by atoms with Gasteiger partial charge in [-0.15, -0.1) is 10.2 Å². The molecule has 0 aliphatic carbocycles. The molecule has 1 aliphatic rings. The second kappa shape index (κ2) is 6.10. The second-order valence-corrected chi connectivity index (χ2v) is 5.67. The largest absolute Gasteiger partial charge is 0.497 e. The topological polar surface area (TPSA) is 84.4 Å². The van der Waals surface area contributed by atoms with Crippen molar-refractivity contribution in [2.45, 2.75) is 6.42 Å². The van der Waals surface area contributed by atoms with E-state index >= 15 is 0 Å². The van der Waals surface area contributed by atoms with Crippen molar-refractivity contribution in [1.82, 2.24) is 10.2 Å². The first kappa shape index (κ1) is 14.5. The highest BCUT2D eigenvalue weighted by molar-refractivity contribution is 7.13. The van der Waals surface area contributed by atoms with Crippen molar-refractivity contribution in [1.29, 1.82) is 0 Å². The fourth-order valence-electron chi connectivity index (χ4n) is 2.35. The molecule has 1 fully saturated rings. The van der Waals surface area contributed by atoms with Crippen molar-refractivity contribution in [2.24, 2.45) is 5.92 Å². The monoisotopic (exact) mass is 318 g/mol. The van der Waals surface area contributed by atoms with Gasteiger partial charge in [0.25, 0.3) is 0 Å². The number of hydrogen-bond acceptors (Lipinski definition) is 6. The van der Waals surface area contributed by atoms with Gasteiger partial charge in [-0.05, 0) is 12.1 Å². The fraction of sp³-hybridized carbons (Fsp3) is 0.286. The van der Waals surface area contributed by atoms with E-state index in [1.165, 1.54) is 16.8 Å². The van der Waals surface area contributed by atoms with Gasteiger partial charge in [0, 0.05) is 24.7 Å². The number of hydrogen-bond donors (Lipinski definition) is 1. The average Bonchev–Trinajstić information content (AvgIpc) is 3.17. The molecule has 0 radical (unpaired) electrons. The Morgan fingerprint density at radius 1 is 1.50 bits per heavy atom. The van der Waals surface area contributed by atoms with Gasteiger partial charge in [0.15, 0.2) is 0 Å². The maximum Gasteiger partial charge on any atom is 0.231 e. The molecule has 7 nitrogen and oxygen atoms in total. The number of nitrogens with one attached hydrogen (secondary N) is 1. The first-order valence-electron chi connectivity index (χ1n) is 6.69. The standard InChI is InChI=1S/C14H14N4O3S/c1-21-11-4-2-3-10(6-11)18-7-9(5-12(18)19)13(20)16-14-17-15-8-22-14/h2-4,6,8-9H,5,7H2,1H3,(H,16,17,20). The molecule has 114 valence electrons. The van der Waals surface area contributed by atoms with E-state index in [1.807, 2.05) is 18.2 Å². The Bertz CT molecular complexity index is 689. The van der Waals surface area contributed by atoms with Crippen molar-refractivity contribution < 1.29 is 14.3 Å². The summed E-state index contributed by atoms with van der Waals surface area (Å²) in [6.07, 6.45) is 0.182. The SMILES string of the molecule is COc1cccc(N2CC(C(=O)Nc3nncs3)CC2=O)c1. The predicted molar refractivity (Wildman–Crippen MR) is 82.0 cm³/mol. The summed E-state index contributed by atoms with van der Waals surface area (Å²) in [4.78, 5) is 26.0. The summed E-state index contributed by atoms with van der Waals surface area (Å²) in [5.41, 5.74) is 2.27. The van der Waals surface area contributed by atoms with Crippen LogP contribution in [0.25, 0.3) is 0 Å². The third kappa shape index (κ3) is 2.91. The molecule has 1 atom stereocenters. The van der Waals surface area contributed by atoms with Crippen LogP contribution in [-0.2, 0) is 9.59 Å². The van der Waals surface area contributed by atoms with E-state index in [4.69, 9.17) is 4.74 Å².